The van der Waals surface area contributed by atoms with E-state index in [1.54, 1.807) is 0 Å². The molecular formula is C14H27N3O. The van der Waals surface area contributed by atoms with Gasteiger partial charge in [0.05, 0.1) is 5.69 Å². The molecule has 1 heterocycles. The Hall–Kier alpha value is -0.870. The first-order valence-electron chi connectivity index (χ1n) is 6.75. The van der Waals surface area contributed by atoms with Crippen LogP contribution in [0.2, 0.25) is 0 Å². The molecule has 0 bridgehead atoms. The van der Waals surface area contributed by atoms with Gasteiger partial charge in [-0.05, 0) is 33.1 Å². The molecule has 0 aromatic carbocycles. The third-order valence-electron chi connectivity index (χ3n) is 3.71. The summed E-state index contributed by atoms with van der Waals surface area (Å²) >= 11 is 0. The van der Waals surface area contributed by atoms with E-state index in [0.717, 1.165) is 12.1 Å². The molecule has 2 N–H and O–H groups in total. The SMILES string of the molecule is Cc1nn(C)c(C)c1C(C)NC(CCO)C(C)C. The molecule has 0 aliphatic heterocycles. The fraction of sp³-hybridized carbons (Fsp3) is 0.786. The fourth-order valence-corrected chi connectivity index (χ4v) is 2.57. The van der Waals surface area contributed by atoms with Crippen LogP contribution in [0.3, 0.4) is 0 Å². The lowest BCUT2D eigenvalue weighted by Gasteiger charge is -2.26. The highest BCUT2D eigenvalue weighted by Gasteiger charge is 2.20. The minimum atomic E-state index is 0.230. The van der Waals surface area contributed by atoms with Crippen molar-refractivity contribution in [1.82, 2.24) is 15.1 Å². The summed E-state index contributed by atoms with van der Waals surface area (Å²) in [5, 5.41) is 17.2. The van der Waals surface area contributed by atoms with E-state index in [-0.39, 0.29) is 12.6 Å². The second-order valence-corrected chi connectivity index (χ2v) is 5.46. The summed E-state index contributed by atoms with van der Waals surface area (Å²) in [6, 6.07) is 0.599. The Morgan fingerprint density at radius 1 is 1.28 bits per heavy atom. The maximum Gasteiger partial charge on any atom is 0.0644 e. The number of aromatic nitrogens is 2. The second-order valence-electron chi connectivity index (χ2n) is 5.46. The predicted molar refractivity (Wildman–Crippen MR) is 74.6 cm³/mol. The Bertz CT molecular complexity index is 385. The van der Waals surface area contributed by atoms with Crippen LogP contribution < -0.4 is 5.32 Å². The first kappa shape index (κ1) is 15.2. The molecule has 0 saturated carbocycles. The zero-order valence-corrected chi connectivity index (χ0v) is 12.5. The Morgan fingerprint density at radius 3 is 2.28 bits per heavy atom. The molecule has 18 heavy (non-hydrogen) atoms. The van der Waals surface area contributed by atoms with Crippen LogP contribution in [0.15, 0.2) is 0 Å². The quantitative estimate of drug-likeness (QED) is 0.816. The largest absolute Gasteiger partial charge is 0.396 e. The van der Waals surface area contributed by atoms with Gasteiger partial charge in [-0.15, -0.1) is 0 Å². The number of nitrogens with zero attached hydrogens (tertiary/aromatic N) is 2. The van der Waals surface area contributed by atoms with Gasteiger partial charge in [0, 0.05) is 37.0 Å². The molecule has 0 aliphatic rings. The van der Waals surface area contributed by atoms with E-state index in [4.69, 9.17) is 5.11 Å². The molecule has 2 atom stereocenters. The Morgan fingerprint density at radius 2 is 1.89 bits per heavy atom. The summed E-state index contributed by atoms with van der Waals surface area (Å²) < 4.78 is 1.93. The van der Waals surface area contributed by atoms with Crippen molar-refractivity contribution >= 4 is 0 Å². The van der Waals surface area contributed by atoms with E-state index in [1.807, 2.05) is 11.7 Å². The number of aryl methyl sites for hydroxylation is 2. The van der Waals surface area contributed by atoms with Gasteiger partial charge in [0.15, 0.2) is 0 Å². The molecule has 0 radical (unpaired) electrons. The van der Waals surface area contributed by atoms with E-state index in [2.05, 4.69) is 45.0 Å². The number of hydrogen-bond acceptors (Lipinski definition) is 3. The van der Waals surface area contributed by atoms with E-state index >= 15 is 0 Å². The Kier molecular flexibility index (Phi) is 5.35. The van der Waals surface area contributed by atoms with Crippen molar-refractivity contribution in [1.29, 1.82) is 0 Å². The van der Waals surface area contributed by atoms with Gasteiger partial charge in [0.25, 0.3) is 0 Å². The van der Waals surface area contributed by atoms with Crippen LogP contribution in [0.1, 0.15) is 50.2 Å². The standard InChI is InChI=1S/C14H27N3O/c1-9(2)13(7-8-18)15-10(3)14-11(4)16-17(6)12(14)5/h9-10,13,15,18H,7-8H2,1-6H3. The number of nitrogens with one attached hydrogen (secondary N) is 1. The molecule has 1 aromatic rings. The van der Waals surface area contributed by atoms with Crippen molar-refractivity contribution in [3.05, 3.63) is 17.0 Å². The van der Waals surface area contributed by atoms with Gasteiger partial charge in [-0.3, -0.25) is 4.68 Å². The van der Waals surface area contributed by atoms with Crippen LogP contribution in [-0.2, 0) is 7.05 Å². The summed E-state index contributed by atoms with van der Waals surface area (Å²) in [5.41, 5.74) is 3.57. The molecule has 1 aromatic heterocycles. The van der Waals surface area contributed by atoms with Crippen LogP contribution >= 0.6 is 0 Å². The highest BCUT2D eigenvalue weighted by atomic mass is 16.3. The van der Waals surface area contributed by atoms with Gasteiger partial charge >= 0.3 is 0 Å². The Labute approximate surface area is 110 Å². The molecule has 0 amide bonds. The lowest BCUT2D eigenvalue weighted by atomic mass is 9.98. The average Bonchev–Trinajstić information content (AvgIpc) is 2.52. The molecule has 0 fully saturated rings. The summed E-state index contributed by atoms with van der Waals surface area (Å²) in [5.74, 6) is 0.511. The van der Waals surface area contributed by atoms with Crippen LogP contribution in [0.4, 0.5) is 0 Å². The van der Waals surface area contributed by atoms with Gasteiger partial charge in [0.2, 0.25) is 0 Å². The number of hydrogen-bond donors (Lipinski definition) is 2. The van der Waals surface area contributed by atoms with E-state index in [9.17, 15) is 0 Å². The minimum Gasteiger partial charge on any atom is -0.396 e. The fourth-order valence-electron chi connectivity index (χ4n) is 2.57. The van der Waals surface area contributed by atoms with Crippen LogP contribution in [-0.4, -0.2) is 27.5 Å². The normalized spacial score (nSPS) is 15.1. The number of aliphatic hydroxyl groups excluding tert-OH is 1. The summed E-state index contributed by atoms with van der Waals surface area (Å²) in [6.07, 6.45) is 0.792. The third kappa shape index (κ3) is 3.33. The number of rotatable bonds is 6. The van der Waals surface area contributed by atoms with Gasteiger partial charge in [-0.2, -0.15) is 5.10 Å². The van der Waals surface area contributed by atoms with Crippen molar-refractivity contribution in [2.45, 2.75) is 53.1 Å². The lowest BCUT2D eigenvalue weighted by Crippen LogP contribution is -2.36. The molecule has 0 spiro atoms. The molecule has 104 valence electrons. The van der Waals surface area contributed by atoms with Gasteiger partial charge in [-0.1, -0.05) is 13.8 Å². The van der Waals surface area contributed by atoms with Crippen molar-refractivity contribution < 1.29 is 5.11 Å². The zero-order valence-electron chi connectivity index (χ0n) is 12.5. The highest BCUT2D eigenvalue weighted by Crippen LogP contribution is 2.22. The molecule has 2 unspecified atom stereocenters. The van der Waals surface area contributed by atoms with Crippen molar-refractivity contribution in [3.63, 3.8) is 0 Å². The first-order valence-corrected chi connectivity index (χ1v) is 6.75. The van der Waals surface area contributed by atoms with Crippen LogP contribution in [0.25, 0.3) is 0 Å². The molecule has 4 heteroatoms. The van der Waals surface area contributed by atoms with E-state index in [1.165, 1.54) is 11.3 Å². The molecule has 0 aliphatic carbocycles. The van der Waals surface area contributed by atoms with Gasteiger partial charge in [-0.25, -0.2) is 0 Å². The van der Waals surface area contributed by atoms with Crippen LogP contribution in [0.5, 0.6) is 0 Å². The van der Waals surface area contributed by atoms with E-state index < -0.39 is 0 Å². The smallest absolute Gasteiger partial charge is 0.0644 e. The minimum absolute atomic E-state index is 0.230. The monoisotopic (exact) mass is 253 g/mol. The van der Waals surface area contributed by atoms with Crippen molar-refractivity contribution in [2.75, 3.05) is 6.61 Å². The molecule has 0 saturated heterocycles. The summed E-state index contributed by atoms with van der Waals surface area (Å²) in [6.45, 7) is 10.9. The molecule has 1 rings (SSSR count). The zero-order chi connectivity index (χ0) is 13.9. The second kappa shape index (κ2) is 6.34. The average molecular weight is 253 g/mol. The van der Waals surface area contributed by atoms with Gasteiger partial charge < -0.3 is 10.4 Å². The summed E-state index contributed by atoms with van der Waals surface area (Å²) in [7, 11) is 1.98. The molecular weight excluding hydrogens is 226 g/mol. The summed E-state index contributed by atoms with van der Waals surface area (Å²) in [4.78, 5) is 0. The lowest BCUT2D eigenvalue weighted by molar-refractivity contribution is 0.237. The topological polar surface area (TPSA) is 50.1 Å². The highest BCUT2D eigenvalue weighted by molar-refractivity contribution is 5.27. The van der Waals surface area contributed by atoms with Crippen molar-refractivity contribution in [3.8, 4) is 0 Å². The maximum absolute atomic E-state index is 9.13. The maximum atomic E-state index is 9.13. The van der Waals surface area contributed by atoms with E-state index in [0.29, 0.717) is 12.0 Å². The van der Waals surface area contributed by atoms with Gasteiger partial charge in [0.1, 0.15) is 0 Å². The van der Waals surface area contributed by atoms with Crippen molar-refractivity contribution in [2.24, 2.45) is 13.0 Å². The first-order chi connectivity index (χ1) is 8.38. The van der Waals surface area contributed by atoms with Crippen LogP contribution in [0, 0.1) is 19.8 Å². The molecule has 4 nitrogen and oxygen atoms in total. The third-order valence-corrected chi connectivity index (χ3v) is 3.71. The number of aliphatic hydroxyl groups is 1. The Balaban J connectivity index is 2.83. The predicted octanol–water partition coefficient (Wildman–Crippen LogP) is 2.09.